The van der Waals surface area contributed by atoms with Crippen molar-refractivity contribution >= 4 is 11.0 Å². The van der Waals surface area contributed by atoms with E-state index in [2.05, 4.69) is 9.97 Å². The van der Waals surface area contributed by atoms with Crippen LogP contribution in [0.4, 0.5) is 0 Å². The maximum Gasteiger partial charge on any atom is 0.232 e. The smallest absolute Gasteiger partial charge is 0.232 e. The van der Waals surface area contributed by atoms with Crippen LogP contribution >= 0.6 is 0 Å². The summed E-state index contributed by atoms with van der Waals surface area (Å²) in [6.45, 7) is 1.72. The van der Waals surface area contributed by atoms with Gasteiger partial charge in [-0.1, -0.05) is 6.07 Å². The second-order valence-corrected chi connectivity index (χ2v) is 3.34. The molecule has 2 rings (SSSR count). The lowest BCUT2D eigenvalue weighted by molar-refractivity contribution is 0.199. The van der Waals surface area contributed by atoms with E-state index in [0.29, 0.717) is 5.88 Å². The molecule has 0 spiro atoms. The third-order valence-corrected chi connectivity index (χ3v) is 2.24. The highest BCUT2D eigenvalue weighted by molar-refractivity contribution is 5.75. The summed E-state index contributed by atoms with van der Waals surface area (Å²) >= 11 is 0. The molecule has 1 aromatic heterocycles. The molecule has 0 amide bonds. The molecule has 15 heavy (non-hydrogen) atoms. The summed E-state index contributed by atoms with van der Waals surface area (Å²) in [7, 11) is 1.55. The van der Waals surface area contributed by atoms with E-state index in [1.807, 2.05) is 18.2 Å². The monoisotopic (exact) mass is 204 g/mol. The zero-order valence-electron chi connectivity index (χ0n) is 8.64. The molecular weight excluding hydrogens is 192 g/mol. The third-order valence-electron chi connectivity index (χ3n) is 2.24. The largest absolute Gasteiger partial charge is 0.480 e. The fourth-order valence-corrected chi connectivity index (χ4v) is 1.37. The molecule has 0 saturated carbocycles. The molecule has 0 bridgehead atoms. The van der Waals surface area contributed by atoms with Crippen LogP contribution in [-0.4, -0.2) is 22.2 Å². The minimum Gasteiger partial charge on any atom is -0.480 e. The van der Waals surface area contributed by atoms with Gasteiger partial charge in [-0.05, 0) is 24.6 Å². The fourth-order valence-electron chi connectivity index (χ4n) is 1.37. The molecular formula is C11H12N2O2. The van der Waals surface area contributed by atoms with Gasteiger partial charge in [0.15, 0.2) is 0 Å². The highest BCUT2D eigenvalue weighted by atomic mass is 16.5. The van der Waals surface area contributed by atoms with Crippen LogP contribution in [0.1, 0.15) is 18.6 Å². The van der Waals surface area contributed by atoms with Gasteiger partial charge < -0.3 is 9.84 Å². The fraction of sp³-hybridized carbons (Fsp3) is 0.273. The van der Waals surface area contributed by atoms with Crippen molar-refractivity contribution in [1.29, 1.82) is 0 Å². The Bertz CT molecular complexity index is 483. The first-order valence-corrected chi connectivity index (χ1v) is 4.69. The molecule has 4 nitrogen and oxygen atoms in total. The predicted octanol–water partition coefficient (Wildman–Crippen LogP) is 1.69. The van der Waals surface area contributed by atoms with Gasteiger partial charge in [-0.3, -0.25) is 0 Å². The van der Waals surface area contributed by atoms with E-state index < -0.39 is 6.10 Å². The van der Waals surface area contributed by atoms with Crippen molar-refractivity contribution in [3.05, 3.63) is 30.0 Å². The number of nitrogens with zero attached hydrogens (tertiary/aromatic N) is 2. The van der Waals surface area contributed by atoms with Crippen LogP contribution in [0.2, 0.25) is 0 Å². The number of methoxy groups -OCH3 is 1. The van der Waals surface area contributed by atoms with Gasteiger partial charge in [0, 0.05) is 0 Å². The second kappa shape index (κ2) is 3.82. The standard InChI is InChI=1S/C11H12N2O2/c1-7(14)8-3-4-9-10(5-8)13-11(15-2)6-12-9/h3-7,14H,1-2H3. The minimum atomic E-state index is -0.498. The first-order chi connectivity index (χ1) is 7.20. The molecule has 0 radical (unpaired) electrons. The normalized spacial score (nSPS) is 12.7. The Hall–Kier alpha value is -1.68. The van der Waals surface area contributed by atoms with E-state index in [1.165, 1.54) is 0 Å². The molecule has 0 aliphatic heterocycles. The van der Waals surface area contributed by atoms with Crippen molar-refractivity contribution in [3.63, 3.8) is 0 Å². The predicted molar refractivity (Wildman–Crippen MR) is 56.7 cm³/mol. The van der Waals surface area contributed by atoms with Crippen molar-refractivity contribution in [2.45, 2.75) is 13.0 Å². The van der Waals surface area contributed by atoms with Crippen LogP contribution in [0.25, 0.3) is 11.0 Å². The summed E-state index contributed by atoms with van der Waals surface area (Å²) in [4.78, 5) is 8.42. The Morgan fingerprint density at radius 2 is 2.13 bits per heavy atom. The van der Waals surface area contributed by atoms with E-state index in [9.17, 15) is 5.11 Å². The SMILES string of the molecule is COc1cnc2ccc(C(C)O)cc2n1. The third kappa shape index (κ3) is 1.89. The van der Waals surface area contributed by atoms with E-state index in [-0.39, 0.29) is 0 Å². The quantitative estimate of drug-likeness (QED) is 0.808. The average Bonchev–Trinajstić information content (AvgIpc) is 2.27. The maximum atomic E-state index is 9.43. The highest BCUT2D eigenvalue weighted by Gasteiger charge is 2.04. The van der Waals surface area contributed by atoms with Gasteiger partial charge in [-0.15, -0.1) is 0 Å². The summed E-state index contributed by atoms with van der Waals surface area (Å²) in [6.07, 6.45) is 1.08. The topological polar surface area (TPSA) is 55.2 Å². The van der Waals surface area contributed by atoms with Crippen molar-refractivity contribution in [2.24, 2.45) is 0 Å². The van der Waals surface area contributed by atoms with Gasteiger partial charge in [0.1, 0.15) is 0 Å². The van der Waals surface area contributed by atoms with E-state index in [1.54, 1.807) is 20.2 Å². The molecule has 1 atom stereocenters. The van der Waals surface area contributed by atoms with Crippen LogP contribution < -0.4 is 4.74 Å². The van der Waals surface area contributed by atoms with Crippen LogP contribution in [0, 0.1) is 0 Å². The van der Waals surface area contributed by atoms with Crippen molar-refractivity contribution in [3.8, 4) is 5.88 Å². The van der Waals surface area contributed by atoms with Gasteiger partial charge in [-0.2, -0.15) is 0 Å². The van der Waals surface area contributed by atoms with Crippen LogP contribution in [0.3, 0.4) is 0 Å². The Morgan fingerprint density at radius 1 is 1.33 bits per heavy atom. The number of hydrogen-bond acceptors (Lipinski definition) is 4. The van der Waals surface area contributed by atoms with E-state index in [0.717, 1.165) is 16.6 Å². The van der Waals surface area contributed by atoms with Gasteiger partial charge in [0.05, 0.1) is 30.4 Å². The summed E-state index contributed by atoms with van der Waals surface area (Å²) in [5, 5.41) is 9.43. The highest BCUT2D eigenvalue weighted by Crippen LogP contribution is 2.19. The molecule has 4 heteroatoms. The molecule has 0 aliphatic rings. The minimum absolute atomic E-state index is 0.477. The second-order valence-electron chi connectivity index (χ2n) is 3.34. The van der Waals surface area contributed by atoms with Crippen molar-refractivity contribution < 1.29 is 9.84 Å². The average molecular weight is 204 g/mol. The lowest BCUT2D eigenvalue weighted by Crippen LogP contribution is -1.94. The van der Waals surface area contributed by atoms with E-state index in [4.69, 9.17) is 4.74 Å². The summed E-state index contributed by atoms with van der Waals surface area (Å²) < 4.78 is 4.99. The summed E-state index contributed by atoms with van der Waals surface area (Å²) in [5.41, 5.74) is 2.35. The Balaban J connectivity index is 2.57. The number of aliphatic hydroxyl groups is 1. The van der Waals surface area contributed by atoms with Gasteiger partial charge in [0.25, 0.3) is 0 Å². The number of ether oxygens (including phenoxy) is 1. The lowest BCUT2D eigenvalue weighted by Gasteiger charge is -2.06. The molecule has 0 fully saturated rings. The first kappa shape index (κ1) is 9.86. The Kier molecular flexibility index (Phi) is 2.51. The van der Waals surface area contributed by atoms with Gasteiger partial charge in [-0.25, -0.2) is 9.97 Å². The van der Waals surface area contributed by atoms with Crippen LogP contribution in [0.5, 0.6) is 5.88 Å². The first-order valence-electron chi connectivity index (χ1n) is 4.69. The van der Waals surface area contributed by atoms with Crippen molar-refractivity contribution in [2.75, 3.05) is 7.11 Å². The number of rotatable bonds is 2. The Labute approximate surface area is 87.6 Å². The molecule has 0 aliphatic carbocycles. The van der Waals surface area contributed by atoms with Gasteiger partial charge >= 0.3 is 0 Å². The molecule has 1 N–H and O–H groups in total. The zero-order valence-corrected chi connectivity index (χ0v) is 8.64. The molecule has 2 aromatic rings. The van der Waals surface area contributed by atoms with Crippen LogP contribution in [-0.2, 0) is 0 Å². The van der Waals surface area contributed by atoms with E-state index >= 15 is 0 Å². The number of hydrogen-bond donors (Lipinski definition) is 1. The number of aromatic nitrogens is 2. The zero-order chi connectivity index (χ0) is 10.8. The maximum absolute atomic E-state index is 9.43. The Morgan fingerprint density at radius 3 is 2.80 bits per heavy atom. The summed E-state index contributed by atoms with van der Waals surface area (Å²) in [6, 6.07) is 5.49. The molecule has 1 heterocycles. The number of benzene rings is 1. The number of fused-ring (bicyclic) bond motifs is 1. The molecule has 0 saturated heterocycles. The van der Waals surface area contributed by atoms with Crippen molar-refractivity contribution in [1.82, 2.24) is 9.97 Å². The van der Waals surface area contributed by atoms with Gasteiger partial charge in [0.2, 0.25) is 5.88 Å². The summed E-state index contributed by atoms with van der Waals surface area (Å²) in [5.74, 6) is 0.477. The molecule has 1 aromatic carbocycles. The molecule has 1 unspecified atom stereocenters. The molecule has 78 valence electrons. The number of aliphatic hydroxyl groups excluding tert-OH is 1. The lowest BCUT2D eigenvalue weighted by atomic mass is 10.1. The van der Waals surface area contributed by atoms with Crippen LogP contribution in [0.15, 0.2) is 24.4 Å².